The van der Waals surface area contributed by atoms with Gasteiger partial charge in [0, 0.05) is 5.69 Å². The lowest BCUT2D eigenvalue weighted by Gasteiger charge is -2.22. The molecule has 1 atom stereocenters. The zero-order chi connectivity index (χ0) is 19.7. The zero-order valence-corrected chi connectivity index (χ0v) is 15.7. The van der Waals surface area contributed by atoms with E-state index in [1.165, 1.54) is 12.1 Å². The van der Waals surface area contributed by atoms with Gasteiger partial charge in [0.2, 0.25) is 5.91 Å². The fourth-order valence-corrected chi connectivity index (χ4v) is 4.59. The van der Waals surface area contributed by atoms with Crippen molar-refractivity contribution in [1.82, 2.24) is 9.88 Å². The highest BCUT2D eigenvalue weighted by Gasteiger charge is 2.31. The van der Waals surface area contributed by atoms with E-state index in [1.54, 1.807) is 11.3 Å². The molecule has 0 aliphatic carbocycles. The quantitative estimate of drug-likeness (QED) is 0.658. The molecule has 4 nitrogen and oxygen atoms in total. The third kappa shape index (κ3) is 4.02. The largest absolute Gasteiger partial charge is 0.416 e. The van der Waals surface area contributed by atoms with Gasteiger partial charge in [0.05, 0.1) is 28.4 Å². The minimum absolute atomic E-state index is 0.0933. The van der Waals surface area contributed by atoms with Gasteiger partial charge in [-0.1, -0.05) is 12.1 Å². The molecule has 4 rings (SSSR count). The van der Waals surface area contributed by atoms with Crippen LogP contribution in [0.3, 0.4) is 0 Å². The number of likely N-dealkylation sites (tertiary alicyclic amines) is 1. The molecule has 0 bridgehead atoms. The van der Waals surface area contributed by atoms with Gasteiger partial charge < -0.3 is 5.32 Å². The molecule has 8 heteroatoms. The number of carbonyl (C=O) groups excluding carboxylic acids is 1. The average molecular weight is 405 g/mol. The Balaban J connectivity index is 1.42. The Morgan fingerprint density at radius 1 is 1.18 bits per heavy atom. The van der Waals surface area contributed by atoms with Gasteiger partial charge >= 0.3 is 6.18 Å². The molecule has 0 spiro atoms. The highest BCUT2D eigenvalue weighted by atomic mass is 32.1. The molecule has 146 valence electrons. The number of anilines is 1. The first kappa shape index (κ1) is 18.9. The van der Waals surface area contributed by atoms with Crippen molar-refractivity contribution in [1.29, 1.82) is 0 Å². The third-order valence-electron chi connectivity index (χ3n) is 4.80. The van der Waals surface area contributed by atoms with Gasteiger partial charge in [0.25, 0.3) is 0 Å². The minimum atomic E-state index is -4.39. The molecule has 0 saturated carbocycles. The number of para-hydroxylation sites is 1. The fourth-order valence-electron chi connectivity index (χ4n) is 3.46. The van der Waals surface area contributed by atoms with E-state index in [4.69, 9.17) is 4.98 Å². The maximum absolute atomic E-state index is 12.6. The van der Waals surface area contributed by atoms with E-state index in [-0.39, 0.29) is 18.5 Å². The molecule has 3 aromatic rings. The summed E-state index contributed by atoms with van der Waals surface area (Å²) < 4.78 is 39.0. The summed E-state index contributed by atoms with van der Waals surface area (Å²) in [6.45, 7) is 0.975. The lowest BCUT2D eigenvalue weighted by Crippen LogP contribution is -2.32. The van der Waals surface area contributed by atoms with Gasteiger partial charge in [-0.3, -0.25) is 9.69 Å². The molecule has 1 aliphatic heterocycles. The molecular weight excluding hydrogens is 387 g/mol. The van der Waals surface area contributed by atoms with Crippen molar-refractivity contribution in [2.75, 3.05) is 18.4 Å². The normalized spacial score (nSPS) is 17.9. The molecule has 1 fully saturated rings. The van der Waals surface area contributed by atoms with Crippen LogP contribution in [0.1, 0.15) is 29.5 Å². The van der Waals surface area contributed by atoms with Crippen molar-refractivity contribution in [3.8, 4) is 0 Å². The molecule has 2 aromatic carbocycles. The number of thiazole rings is 1. The molecular formula is C20H18F3N3OS. The average Bonchev–Trinajstić information content (AvgIpc) is 3.27. The Bertz CT molecular complexity index is 951. The van der Waals surface area contributed by atoms with Gasteiger partial charge in [-0.05, 0) is 55.8 Å². The molecule has 0 radical (unpaired) electrons. The number of alkyl halides is 3. The summed E-state index contributed by atoms with van der Waals surface area (Å²) in [6.07, 6.45) is -2.47. The number of hydrogen-bond donors (Lipinski definition) is 1. The van der Waals surface area contributed by atoms with E-state index in [1.807, 2.05) is 24.3 Å². The number of nitrogens with zero attached hydrogens (tertiary/aromatic N) is 2. The van der Waals surface area contributed by atoms with Crippen molar-refractivity contribution in [3.63, 3.8) is 0 Å². The topological polar surface area (TPSA) is 45.2 Å². The van der Waals surface area contributed by atoms with Crippen LogP contribution < -0.4 is 5.32 Å². The predicted molar refractivity (Wildman–Crippen MR) is 103 cm³/mol. The van der Waals surface area contributed by atoms with Gasteiger partial charge in [0.15, 0.2) is 0 Å². The van der Waals surface area contributed by atoms with Crippen LogP contribution in [0, 0.1) is 0 Å². The number of halogens is 3. The van der Waals surface area contributed by atoms with Gasteiger partial charge in [-0.15, -0.1) is 11.3 Å². The maximum atomic E-state index is 12.6. The third-order valence-corrected chi connectivity index (χ3v) is 5.94. The van der Waals surface area contributed by atoms with E-state index >= 15 is 0 Å². The summed E-state index contributed by atoms with van der Waals surface area (Å²) in [6, 6.07) is 12.5. The molecule has 1 aliphatic rings. The van der Waals surface area contributed by atoms with E-state index in [0.29, 0.717) is 5.69 Å². The predicted octanol–water partition coefficient (Wildman–Crippen LogP) is 5.09. The summed E-state index contributed by atoms with van der Waals surface area (Å²) >= 11 is 1.64. The number of hydrogen-bond acceptors (Lipinski definition) is 4. The van der Waals surface area contributed by atoms with Crippen LogP contribution in [0.2, 0.25) is 0 Å². The number of nitrogens with one attached hydrogen (secondary N) is 1. The Labute approximate surface area is 164 Å². The molecule has 2 heterocycles. The van der Waals surface area contributed by atoms with Crippen LogP contribution in [0.15, 0.2) is 48.5 Å². The van der Waals surface area contributed by atoms with E-state index < -0.39 is 11.7 Å². The molecule has 1 N–H and O–H groups in total. The summed E-state index contributed by atoms with van der Waals surface area (Å²) in [5, 5.41) is 3.68. The van der Waals surface area contributed by atoms with Crippen LogP contribution in [-0.4, -0.2) is 28.9 Å². The van der Waals surface area contributed by atoms with Crippen molar-refractivity contribution < 1.29 is 18.0 Å². The molecule has 1 aromatic heterocycles. The SMILES string of the molecule is O=C(CN1CCC[C@@H]1c1nc2ccccc2s1)Nc1ccc(C(F)(F)F)cc1. The van der Waals surface area contributed by atoms with Crippen molar-refractivity contribution >= 4 is 33.1 Å². The number of benzene rings is 2. The van der Waals surface area contributed by atoms with Crippen molar-refractivity contribution in [2.24, 2.45) is 0 Å². The second-order valence-corrected chi connectivity index (χ2v) is 7.83. The Hall–Kier alpha value is -2.45. The number of amides is 1. The summed E-state index contributed by atoms with van der Waals surface area (Å²) in [5.74, 6) is -0.243. The Morgan fingerprint density at radius 2 is 1.93 bits per heavy atom. The Kier molecular flexibility index (Phi) is 5.07. The zero-order valence-electron chi connectivity index (χ0n) is 14.9. The fraction of sp³-hybridized carbons (Fsp3) is 0.300. The van der Waals surface area contributed by atoms with E-state index in [0.717, 1.165) is 46.7 Å². The molecule has 0 unspecified atom stereocenters. The first-order valence-electron chi connectivity index (χ1n) is 8.97. The number of rotatable bonds is 4. The first-order chi connectivity index (χ1) is 13.4. The van der Waals surface area contributed by atoms with Crippen LogP contribution in [0.25, 0.3) is 10.2 Å². The monoisotopic (exact) mass is 405 g/mol. The van der Waals surface area contributed by atoms with Crippen LogP contribution >= 0.6 is 11.3 Å². The number of carbonyl (C=O) groups is 1. The van der Waals surface area contributed by atoms with Crippen LogP contribution in [-0.2, 0) is 11.0 Å². The van der Waals surface area contributed by atoms with Gasteiger partial charge in [-0.25, -0.2) is 4.98 Å². The molecule has 1 saturated heterocycles. The standard InChI is InChI=1S/C20H18F3N3OS/c21-20(22,23)13-7-9-14(10-8-13)24-18(27)12-26-11-3-5-16(26)19-25-15-4-1-2-6-17(15)28-19/h1-2,4,6-10,16H,3,5,11-12H2,(H,24,27)/t16-/m1/s1. The lowest BCUT2D eigenvalue weighted by atomic mass is 10.2. The lowest BCUT2D eigenvalue weighted by molar-refractivity contribution is -0.137. The van der Waals surface area contributed by atoms with Gasteiger partial charge in [-0.2, -0.15) is 13.2 Å². The minimum Gasteiger partial charge on any atom is -0.325 e. The highest BCUT2D eigenvalue weighted by Crippen LogP contribution is 2.36. The molecule has 28 heavy (non-hydrogen) atoms. The first-order valence-corrected chi connectivity index (χ1v) is 9.78. The maximum Gasteiger partial charge on any atom is 0.416 e. The summed E-state index contributed by atoms with van der Waals surface area (Å²) in [4.78, 5) is 19.2. The van der Waals surface area contributed by atoms with Crippen LogP contribution in [0.5, 0.6) is 0 Å². The van der Waals surface area contributed by atoms with E-state index in [9.17, 15) is 18.0 Å². The summed E-state index contributed by atoms with van der Waals surface area (Å²) in [5.41, 5.74) is 0.582. The summed E-state index contributed by atoms with van der Waals surface area (Å²) in [7, 11) is 0. The van der Waals surface area contributed by atoms with Gasteiger partial charge in [0.1, 0.15) is 5.01 Å². The number of aromatic nitrogens is 1. The number of fused-ring (bicyclic) bond motifs is 1. The highest BCUT2D eigenvalue weighted by molar-refractivity contribution is 7.18. The smallest absolute Gasteiger partial charge is 0.325 e. The van der Waals surface area contributed by atoms with Crippen molar-refractivity contribution in [3.05, 3.63) is 59.1 Å². The second kappa shape index (κ2) is 7.52. The second-order valence-electron chi connectivity index (χ2n) is 6.77. The van der Waals surface area contributed by atoms with Crippen LogP contribution in [0.4, 0.5) is 18.9 Å². The molecule has 1 amide bonds. The van der Waals surface area contributed by atoms with E-state index in [2.05, 4.69) is 10.2 Å². The van der Waals surface area contributed by atoms with Crippen molar-refractivity contribution in [2.45, 2.75) is 25.1 Å². The Morgan fingerprint density at radius 3 is 2.64 bits per heavy atom.